The summed E-state index contributed by atoms with van der Waals surface area (Å²) in [5.74, 6) is 1.63. The van der Waals surface area contributed by atoms with Gasteiger partial charge in [-0.2, -0.15) is 13.2 Å². The predicted octanol–water partition coefficient (Wildman–Crippen LogP) is 7.03. The monoisotopic (exact) mass is 417 g/mol. The molecular formula is C24H30F3N3. The first-order chi connectivity index (χ1) is 14.0. The van der Waals surface area contributed by atoms with Crippen LogP contribution in [0.25, 0.3) is 5.57 Å². The third-order valence-corrected chi connectivity index (χ3v) is 6.27. The van der Waals surface area contributed by atoms with Gasteiger partial charge in [0.15, 0.2) is 5.82 Å². The molecule has 0 spiro atoms. The molecular weight excluding hydrogens is 387 g/mol. The van der Waals surface area contributed by atoms with Crippen molar-refractivity contribution in [3.8, 4) is 0 Å². The van der Waals surface area contributed by atoms with E-state index in [1.807, 2.05) is 32.6 Å². The van der Waals surface area contributed by atoms with Gasteiger partial charge in [0.2, 0.25) is 0 Å². The van der Waals surface area contributed by atoms with Crippen molar-refractivity contribution >= 4 is 17.1 Å². The molecule has 1 aliphatic rings. The smallest absolute Gasteiger partial charge is 0.323 e. The maximum absolute atomic E-state index is 13.6. The number of hydrogen-bond acceptors (Lipinski definition) is 3. The van der Waals surface area contributed by atoms with E-state index >= 15 is 0 Å². The van der Waals surface area contributed by atoms with Crippen LogP contribution in [0.15, 0.2) is 24.8 Å². The lowest BCUT2D eigenvalue weighted by Crippen LogP contribution is -2.40. The molecule has 0 aliphatic heterocycles. The number of alkyl halides is 3. The molecule has 1 heterocycles. The van der Waals surface area contributed by atoms with Gasteiger partial charge >= 0.3 is 6.18 Å². The molecule has 0 saturated heterocycles. The van der Waals surface area contributed by atoms with Crippen molar-refractivity contribution in [3.63, 3.8) is 0 Å². The van der Waals surface area contributed by atoms with Gasteiger partial charge in [0.25, 0.3) is 0 Å². The molecule has 1 aromatic heterocycles. The Morgan fingerprint density at radius 1 is 1.23 bits per heavy atom. The van der Waals surface area contributed by atoms with Gasteiger partial charge in [0.1, 0.15) is 5.82 Å². The number of benzene rings is 1. The van der Waals surface area contributed by atoms with E-state index in [-0.39, 0.29) is 6.04 Å². The van der Waals surface area contributed by atoms with Crippen molar-refractivity contribution in [1.29, 1.82) is 0 Å². The van der Waals surface area contributed by atoms with Crippen molar-refractivity contribution < 1.29 is 13.2 Å². The molecule has 2 aromatic rings. The van der Waals surface area contributed by atoms with E-state index in [0.29, 0.717) is 29.7 Å². The Kier molecular flexibility index (Phi) is 6.25. The van der Waals surface area contributed by atoms with Crippen LogP contribution in [0.4, 0.5) is 24.7 Å². The highest BCUT2D eigenvalue weighted by Crippen LogP contribution is 2.42. The van der Waals surface area contributed by atoms with Crippen LogP contribution in [0.3, 0.4) is 0 Å². The molecule has 3 nitrogen and oxygen atoms in total. The largest absolute Gasteiger partial charge is 0.416 e. The van der Waals surface area contributed by atoms with Crippen LogP contribution in [0.1, 0.15) is 68.2 Å². The molecule has 1 aliphatic carbocycles. The molecule has 0 N–H and O–H groups in total. The van der Waals surface area contributed by atoms with Crippen LogP contribution in [0, 0.1) is 19.8 Å². The molecule has 6 heteroatoms. The van der Waals surface area contributed by atoms with Gasteiger partial charge in [0, 0.05) is 23.0 Å². The second kappa shape index (κ2) is 8.40. The maximum Gasteiger partial charge on any atom is 0.416 e. The van der Waals surface area contributed by atoms with Crippen LogP contribution in [0.5, 0.6) is 0 Å². The van der Waals surface area contributed by atoms with Gasteiger partial charge in [-0.1, -0.05) is 26.0 Å². The third-order valence-electron chi connectivity index (χ3n) is 6.27. The Morgan fingerprint density at radius 3 is 2.40 bits per heavy atom. The fraction of sp³-hybridized carbons (Fsp3) is 0.500. The van der Waals surface area contributed by atoms with Gasteiger partial charge < -0.3 is 4.90 Å². The summed E-state index contributed by atoms with van der Waals surface area (Å²) in [6.45, 7) is 13.7. The minimum absolute atomic E-state index is 0.0264. The maximum atomic E-state index is 13.6. The summed E-state index contributed by atoms with van der Waals surface area (Å²) in [7, 11) is 0. The van der Waals surface area contributed by atoms with Crippen LogP contribution in [0.2, 0.25) is 0 Å². The molecule has 0 bridgehead atoms. The fourth-order valence-electron chi connectivity index (χ4n) is 3.96. The summed E-state index contributed by atoms with van der Waals surface area (Å²) in [4.78, 5) is 11.3. The first-order valence-corrected chi connectivity index (χ1v) is 10.5. The standard InChI is InChI=1S/C24H30F3N3/c1-7-18-11-12-20(24(25,26)27)13-21(18)30(17(6)19-9-8-10-19)23-15(4)16(5)28-22(29-23)14(2)3/h11-13,17,19H,2,7-10H2,1,3-6H3. The number of rotatable bonds is 6. The minimum Gasteiger partial charge on any atom is -0.323 e. The average molecular weight is 418 g/mol. The summed E-state index contributed by atoms with van der Waals surface area (Å²) in [5.41, 5.74) is 3.25. The molecule has 162 valence electrons. The zero-order chi connectivity index (χ0) is 22.2. The van der Waals surface area contributed by atoms with Crippen LogP contribution >= 0.6 is 0 Å². The van der Waals surface area contributed by atoms with Crippen LogP contribution in [-0.4, -0.2) is 16.0 Å². The average Bonchev–Trinajstić information content (AvgIpc) is 2.62. The van der Waals surface area contributed by atoms with Crippen molar-refractivity contribution in [2.24, 2.45) is 5.92 Å². The topological polar surface area (TPSA) is 29.0 Å². The Bertz CT molecular complexity index is 945. The SMILES string of the molecule is C=C(C)c1nc(C)c(C)c(N(c2cc(C(F)(F)F)ccc2CC)C(C)C2CCC2)n1. The van der Waals surface area contributed by atoms with E-state index in [1.165, 1.54) is 12.1 Å². The number of halogens is 3. The first kappa shape index (κ1) is 22.3. The molecule has 1 unspecified atom stereocenters. The van der Waals surface area contributed by atoms with Crippen LogP contribution in [-0.2, 0) is 12.6 Å². The molecule has 1 fully saturated rings. The van der Waals surface area contributed by atoms with E-state index in [4.69, 9.17) is 4.98 Å². The number of anilines is 2. The van der Waals surface area contributed by atoms with Crippen molar-refractivity contribution in [2.75, 3.05) is 4.90 Å². The molecule has 1 atom stereocenters. The second-order valence-corrected chi connectivity index (χ2v) is 8.36. The van der Waals surface area contributed by atoms with Gasteiger partial charge in [-0.25, -0.2) is 9.97 Å². The highest BCUT2D eigenvalue weighted by molar-refractivity contribution is 5.70. The zero-order valence-corrected chi connectivity index (χ0v) is 18.4. The van der Waals surface area contributed by atoms with E-state index < -0.39 is 11.7 Å². The minimum atomic E-state index is -4.40. The highest BCUT2D eigenvalue weighted by Gasteiger charge is 2.35. The Balaban J connectivity index is 2.27. The molecule has 1 saturated carbocycles. The molecule has 1 aromatic carbocycles. The Labute approximate surface area is 177 Å². The predicted molar refractivity (Wildman–Crippen MR) is 116 cm³/mol. The normalized spacial score (nSPS) is 15.6. The number of hydrogen-bond donors (Lipinski definition) is 0. The number of nitrogens with zero attached hydrogens (tertiary/aromatic N) is 3. The van der Waals surface area contributed by atoms with Crippen molar-refractivity contribution in [3.05, 3.63) is 53.0 Å². The van der Waals surface area contributed by atoms with Gasteiger partial charge in [-0.15, -0.1) is 0 Å². The number of aryl methyl sites for hydroxylation is 2. The Morgan fingerprint density at radius 2 is 1.90 bits per heavy atom. The van der Waals surface area contributed by atoms with Crippen molar-refractivity contribution in [2.45, 2.75) is 72.5 Å². The summed E-state index contributed by atoms with van der Waals surface area (Å²) in [6, 6.07) is 4.08. The quantitative estimate of drug-likeness (QED) is 0.505. The number of aromatic nitrogens is 2. The summed E-state index contributed by atoms with van der Waals surface area (Å²) >= 11 is 0. The lowest BCUT2D eigenvalue weighted by atomic mass is 9.79. The lowest BCUT2D eigenvalue weighted by molar-refractivity contribution is -0.137. The Hall–Kier alpha value is -2.37. The van der Waals surface area contributed by atoms with E-state index in [9.17, 15) is 13.2 Å². The first-order valence-electron chi connectivity index (χ1n) is 10.5. The zero-order valence-electron chi connectivity index (χ0n) is 18.4. The second-order valence-electron chi connectivity index (χ2n) is 8.36. The van der Waals surface area contributed by atoms with Gasteiger partial charge in [-0.05, 0) is 76.1 Å². The van der Waals surface area contributed by atoms with Crippen molar-refractivity contribution in [1.82, 2.24) is 9.97 Å². The molecule has 3 rings (SSSR count). The third kappa shape index (κ3) is 4.23. The van der Waals surface area contributed by atoms with E-state index in [2.05, 4.69) is 18.5 Å². The fourth-order valence-corrected chi connectivity index (χ4v) is 3.96. The number of allylic oxidation sites excluding steroid dienone is 1. The lowest BCUT2D eigenvalue weighted by Gasteiger charge is -2.41. The molecule has 30 heavy (non-hydrogen) atoms. The van der Waals surface area contributed by atoms with Gasteiger partial charge in [-0.3, -0.25) is 0 Å². The van der Waals surface area contributed by atoms with Gasteiger partial charge in [0.05, 0.1) is 5.56 Å². The highest BCUT2D eigenvalue weighted by atomic mass is 19.4. The summed E-state index contributed by atoms with van der Waals surface area (Å²) < 4.78 is 40.7. The van der Waals surface area contributed by atoms with Crippen LogP contribution < -0.4 is 4.90 Å². The molecule has 0 amide bonds. The van der Waals surface area contributed by atoms with E-state index in [0.717, 1.165) is 41.7 Å². The van der Waals surface area contributed by atoms with E-state index in [1.54, 1.807) is 6.07 Å². The summed E-state index contributed by atoms with van der Waals surface area (Å²) in [5, 5.41) is 0. The molecule has 0 radical (unpaired) electrons. The summed E-state index contributed by atoms with van der Waals surface area (Å²) in [6.07, 6.45) is -0.447.